The molecule has 1 fully saturated rings. The highest BCUT2D eigenvalue weighted by Gasteiger charge is 2.22. The van der Waals surface area contributed by atoms with Crippen LogP contribution in [0.1, 0.15) is 34.1 Å². The highest BCUT2D eigenvalue weighted by Crippen LogP contribution is 2.32. The molecule has 1 aliphatic rings. The van der Waals surface area contributed by atoms with Crippen LogP contribution in [0, 0.1) is 0 Å². The van der Waals surface area contributed by atoms with E-state index in [4.69, 9.17) is 14.5 Å². The van der Waals surface area contributed by atoms with Gasteiger partial charge in [-0.2, -0.15) is 0 Å². The number of amides is 1. The molecule has 7 nitrogen and oxygen atoms in total. The summed E-state index contributed by atoms with van der Waals surface area (Å²) in [6.45, 7) is 6.32. The zero-order valence-electron chi connectivity index (χ0n) is 18.4. The van der Waals surface area contributed by atoms with Crippen molar-refractivity contribution in [3.8, 4) is 5.75 Å². The molecule has 0 bridgehead atoms. The smallest absolute Gasteiger partial charge is 0.260 e. The van der Waals surface area contributed by atoms with Crippen molar-refractivity contribution >= 4 is 38.4 Å². The number of thiazole rings is 1. The average molecular weight is 454 g/mol. The number of methoxy groups -OCH3 is 1. The van der Waals surface area contributed by atoms with E-state index >= 15 is 0 Å². The lowest BCUT2D eigenvalue weighted by Crippen LogP contribution is -2.39. The van der Waals surface area contributed by atoms with E-state index in [1.54, 1.807) is 36.3 Å². The SMILES string of the molecule is COc1ccc2sc(N(CCCN3CCOCC3)C(=O)c3ccc(C(C)=O)cc3)nc2c1. The molecule has 4 rings (SSSR count). The molecular weight excluding hydrogens is 426 g/mol. The van der Waals surface area contributed by atoms with E-state index in [2.05, 4.69) is 4.90 Å². The molecule has 0 N–H and O–H groups in total. The van der Waals surface area contributed by atoms with Crippen molar-refractivity contribution in [3.63, 3.8) is 0 Å². The summed E-state index contributed by atoms with van der Waals surface area (Å²) in [5, 5.41) is 0.663. The zero-order valence-corrected chi connectivity index (χ0v) is 19.2. The Labute approximate surface area is 191 Å². The van der Waals surface area contributed by atoms with Gasteiger partial charge in [-0.3, -0.25) is 19.4 Å². The van der Waals surface area contributed by atoms with Gasteiger partial charge in [0.05, 0.1) is 30.5 Å². The molecule has 0 radical (unpaired) electrons. The number of carbonyl (C=O) groups is 2. The summed E-state index contributed by atoms with van der Waals surface area (Å²) in [5.74, 6) is 0.596. The maximum atomic E-state index is 13.5. The number of ketones is 1. The quantitative estimate of drug-likeness (QED) is 0.482. The van der Waals surface area contributed by atoms with Crippen molar-refractivity contribution in [2.45, 2.75) is 13.3 Å². The summed E-state index contributed by atoms with van der Waals surface area (Å²) in [4.78, 5) is 33.9. The minimum Gasteiger partial charge on any atom is -0.497 e. The molecule has 8 heteroatoms. The second-order valence-corrected chi connectivity index (χ2v) is 8.74. The van der Waals surface area contributed by atoms with Crippen LogP contribution in [0.4, 0.5) is 5.13 Å². The number of hydrogen-bond acceptors (Lipinski definition) is 7. The van der Waals surface area contributed by atoms with E-state index < -0.39 is 0 Å². The minimum atomic E-state index is -0.117. The monoisotopic (exact) mass is 453 g/mol. The Balaban J connectivity index is 1.58. The molecule has 0 unspecified atom stereocenters. The Kier molecular flexibility index (Phi) is 7.14. The summed E-state index contributed by atoms with van der Waals surface area (Å²) >= 11 is 1.49. The lowest BCUT2D eigenvalue weighted by atomic mass is 10.1. The zero-order chi connectivity index (χ0) is 22.5. The van der Waals surface area contributed by atoms with Crippen LogP contribution in [-0.2, 0) is 4.74 Å². The summed E-state index contributed by atoms with van der Waals surface area (Å²) in [5.41, 5.74) is 1.94. The van der Waals surface area contributed by atoms with E-state index in [0.29, 0.717) is 22.8 Å². The van der Waals surface area contributed by atoms with Gasteiger partial charge in [0, 0.05) is 43.4 Å². The summed E-state index contributed by atoms with van der Waals surface area (Å²) in [7, 11) is 1.63. The predicted molar refractivity (Wildman–Crippen MR) is 126 cm³/mol. The molecule has 0 spiro atoms. The van der Waals surface area contributed by atoms with Crippen LogP contribution < -0.4 is 9.64 Å². The molecule has 0 atom stereocenters. The van der Waals surface area contributed by atoms with E-state index in [1.807, 2.05) is 18.2 Å². The predicted octanol–water partition coefficient (Wildman–Crippen LogP) is 3.88. The number of fused-ring (bicyclic) bond motifs is 1. The second kappa shape index (κ2) is 10.2. The number of hydrogen-bond donors (Lipinski definition) is 0. The van der Waals surface area contributed by atoms with Crippen LogP contribution in [0.15, 0.2) is 42.5 Å². The molecule has 3 aromatic rings. The van der Waals surface area contributed by atoms with Crippen LogP contribution in [0.25, 0.3) is 10.2 Å². The van der Waals surface area contributed by atoms with Crippen LogP contribution in [0.5, 0.6) is 5.75 Å². The molecule has 0 saturated carbocycles. The second-order valence-electron chi connectivity index (χ2n) is 7.73. The fourth-order valence-corrected chi connectivity index (χ4v) is 4.67. The van der Waals surface area contributed by atoms with Gasteiger partial charge in [0.25, 0.3) is 5.91 Å². The number of carbonyl (C=O) groups excluding carboxylic acids is 2. The molecule has 32 heavy (non-hydrogen) atoms. The molecule has 1 amide bonds. The third-order valence-electron chi connectivity index (χ3n) is 5.56. The number of Topliss-reactive ketones (excluding diaryl/α,β-unsaturated/α-hetero) is 1. The first-order valence-corrected chi connectivity index (χ1v) is 11.5. The van der Waals surface area contributed by atoms with Gasteiger partial charge in [-0.1, -0.05) is 23.5 Å². The minimum absolute atomic E-state index is 0.0218. The largest absolute Gasteiger partial charge is 0.497 e. The topological polar surface area (TPSA) is 72.0 Å². The van der Waals surface area contributed by atoms with Crippen LogP contribution >= 0.6 is 11.3 Å². The van der Waals surface area contributed by atoms with Gasteiger partial charge in [0.1, 0.15) is 5.75 Å². The number of benzene rings is 2. The van der Waals surface area contributed by atoms with Crippen molar-refractivity contribution in [1.82, 2.24) is 9.88 Å². The maximum Gasteiger partial charge on any atom is 0.260 e. The molecule has 1 aromatic heterocycles. The molecule has 1 saturated heterocycles. The third-order valence-corrected chi connectivity index (χ3v) is 6.62. The van der Waals surface area contributed by atoms with Gasteiger partial charge in [-0.25, -0.2) is 4.98 Å². The maximum absolute atomic E-state index is 13.5. The normalized spacial score (nSPS) is 14.4. The summed E-state index contributed by atoms with van der Waals surface area (Å²) in [6.07, 6.45) is 0.830. The lowest BCUT2D eigenvalue weighted by Gasteiger charge is -2.27. The van der Waals surface area contributed by atoms with Crippen molar-refractivity contribution in [2.75, 3.05) is 51.4 Å². The van der Waals surface area contributed by atoms with Crippen LogP contribution in [0.3, 0.4) is 0 Å². The van der Waals surface area contributed by atoms with Gasteiger partial charge < -0.3 is 9.47 Å². The fourth-order valence-electron chi connectivity index (χ4n) is 3.70. The van der Waals surface area contributed by atoms with Gasteiger partial charge in [0.15, 0.2) is 10.9 Å². The first-order valence-electron chi connectivity index (χ1n) is 10.7. The molecular formula is C24H27N3O4S. The number of rotatable bonds is 8. The van der Waals surface area contributed by atoms with Crippen molar-refractivity contribution < 1.29 is 19.1 Å². The Morgan fingerprint density at radius 2 is 1.84 bits per heavy atom. The Hall–Kier alpha value is -2.81. The number of anilines is 1. The first kappa shape index (κ1) is 22.4. The Morgan fingerprint density at radius 1 is 1.12 bits per heavy atom. The van der Waals surface area contributed by atoms with E-state index in [1.165, 1.54) is 18.3 Å². The number of nitrogens with zero attached hydrogens (tertiary/aromatic N) is 3. The first-order chi connectivity index (χ1) is 15.5. The molecule has 2 heterocycles. The fraction of sp³-hybridized carbons (Fsp3) is 0.375. The Morgan fingerprint density at radius 3 is 2.53 bits per heavy atom. The van der Waals surface area contributed by atoms with Gasteiger partial charge >= 0.3 is 0 Å². The number of morpholine rings is 1. The summed E-state index contributed by atoms with van der Waals surface area (Å²) in [6, 6.07) is 12.6. The van der Waals surface area contributed by atoms with Gasteiger partial charge in [0.2, 0.25) is 0 Å². The molecule has 0 aliphatic carbocycles. The van der Waals surface area contributed by atoms with E-state index in [-0.39, 0.29) is 11.7 Å². The van der Waals surface area contributed by atoms with Crippen LogP contribution in [0.2, 0.25) is 0 Å². The molecule has 168 valence electrons. The van der Waals surface area contributed by atoms with Crippen molar-refractivity contribution in [2.24, 2.45) is 0 Å². The number of aromatic nitrogens is 1. The van der Waals surface area contributed by atoms with Crippen molar-refractivity contribution in [3.05, 3.63) is 53.6 Å². The van der Waals surface area contributed by atoms with E-state index in [0.717, 1.165) is 55.2 Å². The highest BCUT2D eigenvalue weighted by molar-refractivity contribution is 7.22. The number of ether oxygens (including phenoxy) is 2. The summed E-state index contributed by atoms with van der Waals surface area (Å²) < 4.78 is 11.7. The molecule has 2 aromatic carbocycles. The lowest BCUT2D eigenvalue weighted by molar-refractivity contribution is 0.0376. The van der Waals surface area contributed by atoms with Gasteiger partial charge in [-0.05, 0) is 37.6 Å². The molecule has 1 aliphatic heterocycles. The highest BCUT2D eigenvalue weighted by atomic mass is 32.1. The third kappa shape index (κ3) is 5.15. The van der Waals surface area contributed by atoms with Crippen molar-refractivity contribution in [1.29, 1.82) is 0 Å². The Bertz CT molecular complexity index is 1090. The van der Waals surface area contributed by atoms with E-state index in [9.17, 15) is 9.59 Å². The van der Waals surface area contributed by atoms with Crippen LogP contribution in [-0.4, -0.2) is 68.1 Å². The van der Waals surface area contributed by atoms with Gasteiger partial charge in [-0.15, -0.1) is 0 Å². The standard InChI is InChI=1S/C24H27N3O4S/c1-17(28)18-4-6-19(7-5-18)23(29)27(11-3-10-26-12-14-31-15-13-26)24-25-21-16-20(30-2)8-9-22(21)32-24/h4-9,16H,3,10-15H2,1-2H3. The average Bonchev–Trinajstić information content (AvgIpc) is 3.25.